The molecule has 4 heteroatoms. The van der Waals surface area contributed by atoms with Gasteiger partial charge in [0.05, 0.1) is 6.10 Å². The van der Waals surface area contributed by atoms with Gasteiger partial charge in [0, 0.05) is 6.04 Å². The van der Waals surface area contributed by atoms with Gasteiger partial charge in [0.1, 0.15) is 0 Å². The number of hydrogen-bond acceptors (Lipinski definition) is 3. The van der Waals surface area contributed by atoms with Crippen LogP contribution in [-0.2, 0) is 0 Å². The van der Waals surface area contributed by atoms with E-state index in [1.54, 1.807) is 0 Å². The molecular formula is C10H14FNO2. The summed E-state index contributed by atoms with van der Waals surface area (Å²) in [7, 11) is 0. The summed E-state index contributed by atoms with van der Waals surface area (Å²) < 4.78 is 12.7. The van der Waals surface area contributed by atoms with Crippen LogP contribution in [0.5, 0.6) is 5.75 Å². The van der Waals surface area contributed by atoms with Gasteiger partial charge in [-0.3, -0.25) is 0 Å². The fourth-order valence-corrected chi connectivity index (χ4v) is 1.18. The lowest BCUT2D eigenvalue weighted by Crippen LogP contribution is -2.27. The third-order valence-corrected chi connectivity index (χ3v) is 2.19. The van der Waals surface area contributed by atoms with Gasteiger partial charge in [0.25, 0.3) is 0 Å². The average molecular weight is 199 g/mol. The number of phenols is 1. The molecule has 0 fully saturated rings. The van der Waals surface area contributed by atoms with Crippen LogP contribution in [0, 0.1) is 5.82 Å². The first kappa shape index (κ1) is 10.9. The smallest absolute Gasteiger partial charge is 0.164 e. The van der Waals surface area contributed by atoms with Crippen LogP contribution in [-0.4, -0.2) is 16.3 Å². The number of benzene rings is 1. The lowest BCUT2D eigenvalue weighted by molar-refractivity contribution is 0.144. The fraction of sp³-hybridized carbons (Fsp3) is 0.400. The van der Waals surface area contributed by atoms with E-state index in [4.69, 9.17) is 10.8 Å². The Morgan fingerprint density at radius 3 is 2.64 bits per heavy atom. The zero-order chi connectivity index (χ0) is 10.7. The van der Waals surface area contributed by atoms with Crippen LogP contribution < -0.4 is 5.73 Å². The van der Waals surface area contributed by atoms with Gasteiger partial charge in [-0.2, -0.15) is 0 Å². The van der Waals surface area contributed by atoms with Crippen LogP contribution in [0.3, 0.4) is 0 Å². The van der Waals surface area contributed by atoms with E-state index in [1.807, 2.05) is 6.92 Å². The first-order valence-electron chi connectivity index (χ1n) is 4.48. The zero-order valence-corrected chi connectivity index (χ0v) is 7.94. The highest BCUT2D eigenvalue weighted by Gasteiger charge is 2.16. The van der Waals surface area contributed by atoms with Gasteiger partial charge in [-0.05, 0) is 24.1 Å². The minimum Gasteiger partial charge on any atom is -0.505 e. The van der Waals surface area contributed by atoms with Crippen molar-refractivity contribution in [1.29, 1.82) is 0 Å². The normalized spacial score (nSPS) is 15.1. The molecule has 14 heavy (non-hydrogen) atoms. The topological polar surface area (TPSA) is 66.5 Å². The van der Waals surface area contributed by atoms with E-state index < -0.39 is 23.7 Å². The molecule has 0 unspecified atom stereocenters. The Morgan fingerprint density at radius 2 is 2.14 bits per heavy atom. The molecule has 1 aromatic rings. The molecule has 0 radical (unpaired) electrons. The largest absolute Gasteiger partial charge is 0.505 e. The van der Waals surface area contributed by atoms with Gasteiger partial charge >= 0.3 is 0 Å². The Bertz CT molecular complexity index is 317. The van der Waals surface area contributed by atoms with Gasteiger partial charge < -0.3 is 15.9 Å². The van der Waals surface area contributed by atoms with Crippen molar-refractivity contribution in [1.82, 2.24) is 0 Å². The molecule has 0 bridgehead atoms. The molecule has 0 aliphatic heterocycles. The fourth-order valence-electron chi connectivity index (χ4n) is 1.18. The van der Waals surface area contributed by atoms with Crippen LogP contribution in [0.2, 0.25) is 0 Å². The summed E-state index contributed by atoms with van der Waals surface area (Å²) in [5.74, 6) is -1.17. The van der Waals surface area contributed by atoms with Crippen LogP contribution in [0.25, 0.3) is 0 Å². The van der Waals surface area contributed by atoms with Gasteiger partial charge in [0.2, 0.25) is 0 Å². The van der Waals surface area contributed by atoms with Crippen LogP contribution in [0.4, 0.5) is 4.39 Å². The van der Waals surface area contributed by atoms with E-state index in [2.05, 4.69) is 0 Å². The van der Waals surface area contributed by atoms with Crippen molar-refractivity contribution in [2.75, 3.05) is 0 Å². The van der Waals surface area contributed by atoms with E-state index in [0.717, 1.165) is 6.07 Å². The summed E-state index contributed by atoms with van der Waals surface area (Å²) in [5, 5.41) is 18.7. The van der Waals surface area contributed by atoms with Gasteiger partial charge in [-0.1, -0.05) is 13.0 Å². The molecule has 0 aliphatic rings. The molecule has 0 spiro atoms. The van der Waals surface area contributed by atoms with Gasteiger partial charge in [-0.15, -0.1) is 0 Å². The molecule has 0 saturated carbocycles. The molecule has 0 saturated heterocycles. The Labute approximate surface area is 82.0 Å². The highest BCUT2D eigenvalue weighted by molar-refractivity contribution is 5.30. The maximum Gasteiger partial charge on any atom is 0.164 e. The van der Waals surface area contributed by atoms with Gasteiger partial charge in [0.15, 0.2) is 11.6 Å². The molecule has 0 aromatic heterocycles. The monoisotopic (exact) mass is 199 g/mol. The molecule has 0 aliphatic carbocycles. The number of halogens is 1. The third kappa shape index (κ3) is 2.21. The van der Waals surface area contributed by atoms with Gasteiger partial charge in [-0.25, -0.2) is 4.39 Å². The molecule has 2 atom stereocenters. The predicted octanol–water partition coefficient (Wildman–Crippen LogP) is 1.30. The quantitative estimate of drug-likeness (QED) is 0.687. The summed E-state index contributed by atoms with van der Waals surface area (Å²) in [5.41, 5.74) is 6.04. The van der Waals surface area contributed by atoms with Crippen molar-refractivity contribution in [3.8, 4) is 5.75 Å². The summed E-state index contributed by atoms with van der Waals surface area (Å²) in [6, 6.07) is 3.31. The van der Waals surface area contributed by atoms with Crippen molar-refractivity contribution in [2.45, 2.75) is 25.5 Å². The maximum absolute atomic E-state index is 12.7. The van der Waals surface area contributed by atoms with E-state index >= 15 is 0 Å². The summed E-state index contributed by atoms with van der Waals surface area (Å²) >= 11 is 0. The average Bonchev–Trinajstić information content (AvgIpc) is 2.20. The molecule has 0 heterocycles. The van der Waals surface area contributed by atoms with Crippen LogP contribution in [0.1, 0.15) is 25.0 Å². The Hall–Kier alpha value is -1.13. The van der Waals surface area contributed by atoms with Crippen molar-refractivity contribution < 1.29 is 14.6 Å². The van der Waals surface area contributed by atoms with E-state index in [1.165, 1.54) is 12.1 Å². The number of phenolic OH excluding ortho intramolecular Hbond substituents is 1. The Morgan fingerprint density at radius 1 is 1.50 bits per heavy atom. The van der Waals surface area contributed by atoms with Crippen molar-refractivity contribution in [3.05, 3.63) is 29.6 Å². The SMILES string of the molecule is CC[C@@H](N)[C@H](O)c1ccc(F)c(O)c1. The number of aromatic hydroxyl groups is 1. The zero-order valence-electron chi connectivity index (χ0n) is 7.94. The molecule has 1 aromatic carbocycles. The second kappa shape index (κ2) is 4.39. The second-order valence-electron chi connectivity index (χ2n) is 3.23. The summed E-state index contributed by atoms with van der Waals surface area (Å²) in [6.45, 7) is 1.84. The number of nitrogens with two attached hydrogens (primary N) is 1. The molecule has 1 rings (SSSR count). The van der Waals surface area contributed by atoms with E-state index in [9.17, 15) is 9.50 Å². The summed E-state index contributed by atoms with van der Waals surface area (Å²) in [4.78, 5) is 0. The summed E-state index contributed by atoms with van der Waals surface area (Å²) in [6.07, 6.45) is -0.259. The number of aliphatic hydroxyl groups is 1. The first-order valence-corrected chi connectivity index (χ1v) is 4.48. The predicted molar refractivity (Wildman–Crippen MR) is 51.3 cm³/mol. The molecule has 4 N–H and O–H groups in total. The standard InChI is InChI=1S/C10H14FNO2/c1-2-8(12)10(14)6-3-4-7(11)9(13)5-6/h3-5,8,10,13-14H,2,12H2,1H3/t8-,10-/m1/s1. The number of hydrogen-bond donors (Lipinski definition) is 3. The van der Waals surface area contributed by atoms with Crippen LogP contribution >= 0.6 is 0 Å². The molecule has 78 valence electrons. The molecular weight excluding hydrogens is 185 g/mol. The van der Waals surface area contributed by atoms with Crippen LogP contribution in [0.15, 0.2) is 18.2 Å². The van der Waals surface area contributed by atoms with Crippen molar-refractivity contribution >= 4 is 0 Å². The lowest BCUT2D eigenvalue weighted by Gasteiger charge is -2.17. The number of aliphatic hydroxyl groups excluding tert-OH is 1. The minimum absolute atomic E-state index is 0.403. The molecule has 3 nitrogen and oxygen atoms in total. The van der Waals surface area contributed by atoms with Crippen molar-refractivity contribution in [3.63, 3.8) is 0 Å². The highest BCUT2D eigenvalue weighted by atomic mass is 19.1. The Kier molecular flexibility index (Phi) is 3.43. The highest BCUT2D eigenvalue weighted by Crippen LogP contribution is 2.23. The minimum atomic E-state index is -0.869. The first-order chi connectivity index (χ1) is 6.56. The molecule has 0 amide bonds. The van der Waals surface area contributed by atoms with Crippen molar-refractivity contribution in [2.24, 2.45) is 5.73 Å². The van der Waals surface area contributed by atoms with E-state index in [-0.39, 0.29) is 0 Å². The lowest BCUT2D eigenvalue weighted by atomic mass is 10.0. The van der Waals surface area contributed by atoms with E-state index in [0.29, 0.717) is 12.0 Å². The number of rotatable bonds is 3. The Balaban J connectivity index is 2.91. The maximum atomic E-state index is 12.7. The third-order valence-electron chi connectivity index (χ3n) is 2.19. The second-order valence-corrected chi connectivity index (χ2v) is 3.23.